The van der Waals surface area contributed by atoms with Crippen LogP contribution in [-0.2, 0) is 0 Å². The van der Waals surface area contributed by atoms with Gasteiger partial charge in [0.1, 0.15) is 5.82 Å². The molecule has 6 nitrogen and oxygen atoms in total. The van der Waals surface area contributed by atoms with Crippen molar-refractivity contribution in [1.29, 1.82) is 0 Å². The topological polar surface area (TPSA) is 65.5 Å². The van der Waals surface area contributed by atoms with E-state index in [0.717, 1.165) is 5.69 Å². The molecule has 1 aliphatic heterocycles. The summed E-state index contributed by atoms with van der Waals surface area (Å²) in [5.74, 6) is 0.398. The molecule has 2 aromatic heterocycles. The number of carbonyl (C=O) groups is 2. The first-order valence-electron chi connectivity index (χ1n) is 8.16. The van der Waals surface area contributed by atoms with Crippen LogP contribution in [0.25, 0.3) is 0 Å². The molecule has 1 saturated heterocycles. The molecule has 3 heterocycles. The van der Waals surface area contributed by atoms with Crippen LogP contribution in [0.15, 0.2) is 65.5 Å². The second-order valence-electron chi connectivity index (χ2n) is 5.79. The van der Waals surface area contributed by atoms with Gasteiger partial charge >= 0.3 is 6.03 Å². The van der Waals surface area contributed by atoms with E-state index in [4.69, 9.17) is 0 Å². The number of rotatable bonds is 4. The number of hydrogen-bond donors (Lipinski definition) is 1. The molecule has 0 unspecified atom stereocenters. The van der Waals surface area contributed by atoms with Gasteiger partial charge in [0.05, 0.1) is 17.4 Å². The Morgan fingerprint density at radius 3 is 2.54 bits per heavy atom. The van der Waals surface area contributed by atoms with Crippen molar-refractivity contribution in [2.24, 2.45) is 0 Å². The summed E-state index contributed by atoms with van der Waals surface area (Å²) in [6, 6.07) is 14.7. The summed E-state index contributed by atoms with van der Waals surface area (Å²) in [6.07, 6.45) is 1.57. The van der Waals surface area contributed by atoms with Crippen molar-refractivity contribution >= 4 is 40.5 Å². The average molecular weight is 364 g/mol. The zero-order valence-corrected chi connectivity index (χ0v) is 14.6. The fourth-order valence-corrected chi connectivity index (χ4v) is 3.45. The summed E-state index contributed by atoms with van der Waals surface area (Å²) >= 11 is 1.47. The molecule has 4 rings (SSSR count). The number of aromatic nitrogens is 1. The number of hydrogen-bond acceptors (Lipinski definition) is 4. The Morgan fingerprint density at radius 1 is 1.04 bits per heavy atom. The lowest BCUT2D eigenvalue weighted by Gasteiger charge is -2.18. The van der Waals surface area contributed by atoms with Crippen LogP contribution in [-0.4, -0.2) is 30.0 Å². The highest BCUT2D eigenvalue weighted by atomic mass is 32.1. The van der Waals surface area contributed by atoms with E-state index in [1.54, 1.807) is 39.6 Å². The first-order valence-corrected chi connectivity index (χ1v) is 9.10. The number of benzene rings is 1. The molecule has 0 atom stereocenters. The van der Waals surface area contributed by atoms with Gasteiger partial charge in [-0.05, 0) is 35.7 Å². The van der Waals surface area contributed by atoms with Crippen LogP contribution in [0.3, 0.4) is 0 Å². The lowest BCUT2D eigenvalue weighted by Crippen LogP contribution is -2.32. The van der Waals surface area contributed by atoms with Crippen molar-refractivity contribution in [1.82, 2.24) is 4.98 Å². The summed E-state index contributed by atoms with van der Waals surface area (Å²) in [4.78, 5) is 32.4. The fourth-order valence-electron chi connectivity index (χ4n) is 2.81. The van der Waals surface area contributed by atoms with Gasteiger partial charge in [0.2, 0.25) is 0 Å². The molecule has 130 valence electrons. The molecule has 7 heteroatoms. The molecule has 0 radical (unpaired) electrons. The van der Waals surface area contributed by atoms with E-state index in [9.17, 15) is 9.59 Å². The highest BCUT2D eigenvalue weighted by Crippen LogP contribution is 2.24. The highest BCUT2D eigenvalue weighted by molar-refractivity contribution is 7.08. The number of thiophene rings is 1. The van der Waals surface area contributed by atoms with E-state index in [1.807, 2.05) is 35.7 Å². The van der Waals surface area contributed by atoms with Gasteiger partial charge in [-0.3, -0.25) is 14.6 Å². The summed E-state index contributed by atoms with van der Waals surface area (Å²) in [7, 11) is 0. The Kier molecular flexibility index (Phi) is 4.37. The molecule has 3 amide bonds. The van der Waals surface area contributed by atoms with Crippen molar-refractivity contribution in [2.45, 2.75) is 0 Å². The molecule has 26 heavy (non-hydrogen) atoms. The molecule has 3 aromatic rings. The Bertz CT molecular complexity index is 910. The van der Waals surface area contributed by atoms with Crippen LogP contribution in [0.5, 0.6) is 0 Å². The van der Waals surface area contributed by atoms with Gasteiger partial charge in [0.15, 0.2) is 0 Å². The summed E-state index contributed by atoms with van der Waals surface area (Å²) < 4.78 is 0. The van der Waals surface area contributed by atoms with Crippen LogP contribution in [0.1, 0.15) is 10.4 Å². The van der Waals surface area contributed by atoms with Crippen molar-refractivity contribution in [3.63, 3.8) is 0 Å². The lowest BCUT2D eigenvalue weighted by atomic mass is 10.3. The SMILES string of the molecule is O=C(Nc1ccc(N2CCN(c3ccccc3)C2=O)nc1)c1ccsc1. The second kappa shape index (κ2) is 6.97. The monoisotopic (exact) mass is 364 g/mol. The van der Waals surface area contributed by atoms with E-state index < -0.39 is 0 Å². The number of nitrogens with zero attached hydrogens (tertiary/aromatic N) is 3. The molecule has 1 aromatic carbocycles. The fraction of sp³-hybridized carbons (Fsp3) is 0.105. The number of nitrogens with one attached hydrogen (secondary N) is 1. The maximum atomic E-state index is 12.7. The van der Waals surface area contributed by atoms with E-state index in [2.05, 4.69) is 10.3 Å². The zero-order chi connectivity index (χ0) is 17.9. The molecular formula is C19H16N4O2S. The van der Waals surface area contributed by atoms with Crippen molar-refractivity contribution in [3.05, 3.63) is 71.1 Å². The molecular weight excluding hydrogens is 348 g/mol. The molecule has 0 aliphatic carbocycles. The number of amides is 3. The molecule has 0 bridgehead atoms. The number of carbonyl (C=O) groups excluding carboxylic acids is 2. The molecule has 0 saturated carbocycles. The minimum Gasteiger partial charge on any atom is -0.321 e. The Balaban J connectivity index is 1.46. The van der Waals surface area contributed by atoms with Gasteiger partial charge in [-0.25, -0.2) is 9.78 Å². The third kappa shape index (κ3) is 3.16. The largest absolute Gasteiger partial charge is 0.330 e. The third-order valence-corrected chi connectivity index (χ3v) is 4.83. The maximum Gasteiger partial charge on any atom is 0.330 e. The quantitative estimate of drug-likeness (QED) is 0.765. The van der Waals surface area contributed by atoms with Crippen LogP contribution < -0.4 is 15.1 Å². The summed E-state index contributed by atoms with van der Waals surface area (Å²) in [5, 5.41) is 6.44. The molecule has 1 N–H and O–H groups in total. The molecule has 0 spiro atoms. The molecule has 1 fully saturated rings. The number of urea groups is 1. The zero-order valence-electron chi connectivity index (χ0n) is 13.8. The lowest BCUT2D eigenvalue weighted by molar-refractivity contribution is 0.102. The second-order valence-corrected chi connectivity index (χ2v) is 6.57. The highest BCUT2D eigenvalue weighted by Gasteiger charge is 2.31. The Hall–Kier alpha value is -3.19. The van der Waals surface area contributed by atoms with Gasteiger partial charge in [-0.15, -0.1) is 0 Å². The number of para-hydroxylation sites is 1. The average Bonchev–Trinajstić information content (AvgIpc) is 3.33. The van der Waals surface area contributed by atoms with E-state index >= 15 is 0 Å². The normalized spacial score (nSPS) is 13.9. The van der Waals surface area contributed by atoms with Crippen LogP contribution in [0.2, 0.25) is 0 Å². The van der Waals surface area contributed by atoms with Crippen molar-refractivity contribution in [3.8, 4) is 0 Å². The van der Waals surface area contributed by atoms with Crippen LogP contribution in [0.4, 0.5) is 22.0 Å². The molecule has 1 aliphatic rings. The van der Waals surface area contributed by atoms with E-state index in [1.165, 1.54) is 11.3 Å². The minimum absolute atomic E-state index is 0.0984. The predicted molar refractivity (Wildman–Crippen MR) is 103 cm³/mol. The third-order valence-electron chi connectivity index (χ3n) is 4.14. The predicted octanol–water partition coefficient (Wildman–Crippen LogP) is 3.84. The van der Waals surface area contributed by atoms with Gasteiger partial charge in [0.25, 0.3) is 5.91 Å². The Morgan fingerprint density at radius 2 is 1.85 bits per heavy atom. The van der Waals surface area contributed by atoms with Crippen molar-refractivity contribution < 1.29 is 9.59 Å². The maximum absolute atomic E-state index is 12.7. The van der Waals surface area contributed by atoms with E-state index in [-0.39, 0.29) is 11.9 Å². The summed E-state index contributed by atoms with van der Waals surface area (Å²) in [6.45, 7) is 1.18. The van der Waals surface area contributed by atoms with Gasteiger partial charge < -0.3 is 5.32 Å². The van der Waals surface area contributed by atoms with E-state index in [0.29, 0.717) is 30.2 Å². The van der Waals surface area contributed by atoms with Crippen LogP contribution in [0, 0.1) is 0 Å². The van der Waals surface area contributed by atoms with Gasteiger partial charge in [-0.2, -0.15) is 11.3 Å². The minimum atomic E-state index is -0.173. The first kappa shape index (κ1) is 16.3. The smallest absolute Gasteiger partial charge is 0.321 e. The standard InChI is InChI=1S/C19H16N4O2S/c24-18(14-8-11-26-13-14)21-15-6-7-17(20-12-15)23-10-9-22(19(23)25)16-4-2-1-3-5-16/h1-8,11-13H,9-10H2,(H,21,24). The van der Waals surface area contributed by atoms with Gasteiger partial charge in [0, 0.05) is 24.2 Å². The van der Waals surface area contributed by atoms with Crippen LogP contribution >= 0.6 is 11.3 Å². The first-order chi connectivity index (χ1) is 12.7. The van der Waals surface area contributed by atoms with Gasteiger partial charge in [-0.1, -0.05) is 18.2 Å². The number of pyridine rings is 1. The van der Waals surface area contributed by atoms with Crippen molar-refractivity contribution in [2.75, 3.05) is 28.2 Å². The number of anilines is 3. The Labute approximate surface area is 154 Å². The summed E-state index contributed by atoms with van der Waals surface area (Å²) in [5.41, 5.74) is 2.09.